The molecule has 3 heterocycles. The number of ether oxygens (including phenoxy) is 1. The third-order valence-electron chi connectivity index (χ3n) is 5.67. The lowest BCUT2D eigenvalue weighted by molar-refractivity contribution is -0.134. The average Bonchev–Trinajstić information content (AvgIpc) is 3.41. The molecule has 10 heteroatoms. The van der Waals surface area contributed by atoms with Crippen LogP contribution < -0.4 is 15.4 Å². The van der Waals surface area contributed by atoms with Gasteiger partial charge >= 0.3 is 0 Å². The molecular weight excluding hydrogens is 400 g/mol. The molecule has 2 aromatic heterocycles. The molecule has 2 fully saturated rings. The quantitative estimate of drug-likeness (QED) is 0.519. The van der Waals surface area contributed by atoms with E-state index in [1.54, 1.807) is 23.9 Å². The smallest absolute Gasteiger partial charge is 0.263 e. The summed E-state index contributed by atoms with van der Waals surface area (Å²) in [6, 6.07) is 7.20. The second-order valence-corrected chi connectivity index (χ2v) is 8.01. The minimum absolute atomic E-state index is 0.158. The SMILES string of the molecule is Cn1nc(C2CCC(=O)NC2=O)c2ccc(OCC(=O)Nc3cc(C4CC4)[nH]n3)cc21. The van der Waals surface area contributed by atoms with Crippen molar-refractivity contribution in [2.45, 2.75) is 37.5 Å². The van der Waals surface area contributed by atoms with Gasteiger partial charge in [-0.25, -0.2) is 0 Å². The molecule has 1 aliphatic heterocycles. The molecule has 1 atom stereocenters. The van der Waals surface area contributed by atoms with Crippen molar-refractivity contribution in [3.8, 4) is 5.75 Å². The van der Waals surface area contributed by atoms with Crippen LogP contribution in [0.3, 0.4) is 0 Å². The zero-order valence-electron chi connectivity index (χ0n) is 17.0. The normalized spacial score (nSPS) is 18.8. The van der Waals surface area contributed by atoms with Crippen molar-refractivity contribution in [1.82, 2.24) is 25.3 Å². The topological polar surface area (TPSA) is 131 Å². The largest absolute Gasteiger partial charge is 0.484 e. The number of carbonyl (C=O) groups is 3. The number of aromatic nitrogens is 4. The zero-order valence-corrected chi connectivity index (χ0v) is 17.0. The van der Waals surface area contributed by atoms with Crippen LogP contribution in [0.15, 0.2) is 24.3 Å². The highest BCUT2D eigenvalue weighted by molar-refractivity contribution is 6.02. The monoisotopic (exact) mass is 422 g/mol. The number of aromatic amines is 1. The van der Waals surface area contributed by atoms with Crippen LogP contribution in [-0.4, -0.2) is 44.3 Å². The molecule has 3 amide bonds. The first-order valence-corrected chi connectivity index (χ1v) is 10.3. The Hall–Kier alpha value is -3.69. The fourth-order valence-corrected chi connectivity index (χ4v) is 3.90. The lowest BCUT2D eigenvalue weighted by Gasteiger charge is -2.19. The van der Waals surface area contributed by atoms with Gasteiger partial charge in [0.05, 0.1) is 17.1 Å². The van der Waals surface area contributed by atoms with Crippen LogP contribution in [0, 0.1) is 0 Å². The Labute approximate surface area is 177 Å². The number of aryl methyl sites for hydroxylation is 1. The standard InChI is InChI=1S/C21H22N6O4/c1-27-16-8-12(31-10-19(29)22-17-9-15(24-25-17)11-2-3-11)4-5-13(16)20(26-27)14-6-7-18(28)23-21(14)30/h4-5,8-9,11,14H,2-3,6-7,10H2,1H3,(H,23,28,30)(H2,22,24,25,29). The number of H-pyrrole nitrogens is 1. The van der Waals surface area contributed by atoms with E-state index >= 15 is 0 Å². The number of piperidine rings is 1. The van der Waals surface area contributed by atoms with Crippen LogP contribution in [0.4, 0.5) is 5.82 Å². The van der Waals surface area contributed by atoms with Gasteiger partial charge in [-0.05, 0) is 31.4 Å². The first kappa shape index (κ1) is 19.3. The maximum atomic E-state index is 12.2. The molecule has 1 saturated heterocycles. The fraction of sp³-hybridized carbons (Fsp3) is 0.381. The molecule has 1 aliphatic carbocycles. The number of imide groups is 1. The Morgan fingerprint density at radius 1 is 1.26 bits per heavy atom. The van der Waals surface area contributed by atoms with Gasteiger partial charge < -0.3 is 10.1 Å². The predicted molar refractivity (Wildman–Crippen MR) is 111 cm³/mol. The van der Waals surface area contributed by atoms with Crippen LogP contribution in [-0.2, 0) is 21.4 Å². The molecule has 3 aromatic rings. The lowest BCUT2D eigenvalue weighted by atomic mass is 9.93. The summed E-state index contributed by atoms with van der Waals surface area (Å²) >= 11 is 0. The Bertz CT molecular complexity index is 1190. The van der Waals surface area contributed by atoms with Gasteiger partial charge in [0.2, 0.25) is 11.8 Å². The van der Waals surface area contributed by atoms with Crippen molar-refractivity contribution in [3.63, 3.8) is 0 Å². The molecule has 5 rings (SSSR count). The molecule has 0 radical (unpaired) electrons. The number of nitrogens with one attached hydrogen (secondary N) is 3. The van der Waals surface area contributed by atoms with Gasteiger partial charge in [0.15, 0.2) is 12.4 Å². The van der Waals surface area contributed by atoms with Crippen molar-refractivity contribution in [1.29, 1.82) is 0 Å². The number of hydrogen-bond donors (Lipinski definition) is 3. The molecule has 2 aliphatic rings. The van der Waals surface area contributed by atoms with E-state index < -0.39 is 5.92 Å². The Kier molecular flexibility index (Phi) is 4.68. The van der Waals surface area contributed by atoms with E-state index in [1.165, 1.54) is 0 Å². The van der Waals surface area contributed by atoms with Gasteiger partial charge in [-0.1, -0.05) is 0 Å². The van der Waals surface area contributed by atoms with Gasteiger partial charge in [0.1, 0.15) is 5.75 Å². The molecule has 3 N–H and O–H groups in total. The van der Waals surface area contributed by atoms with E-state index in [9.17, 15) is 14.4 Å². The van der Waals surface area contributed by atoms with Crippen molar-refractivity contribution in [2.75, 3.05) is 11.9 Å². The third kappa shape index (κ3) is 3.88. The molecule has 1 aromatic carbocycles. The van der Waals surface area contributed by atoms with Crippen LogP contribution >= 0.6 is 0 Å². The maximum absolute atomic E-state index is 12.2. The van der Waals surface area contributed by atoms with E-state index in [0.29, 0.717) is 36.0 Å². The van der Waals surface area contributed by atoms with E-state index in [0.717, 1.165) is 29.4 Å². The third-order valence-corrected chi connectivity index (χ3v) is 5.67. The molecular formula is C21H22N6O4. The van der Waals surface area contributed by atoms with Gasteiger partial charge in [-0.15, -0.1) is 0 Å². The Morgan fingerprint density at radius 3 is 2.87 bits per heavy atom. The number of fused-ring (bicyclic) bond motifs is 1. The highest BCUT2D eigenvalue weighted by Gasteiger charge is 2.31. The fourth-order valence-electron chi connectivity index (χ4n) is 3.90. The maximum Gasteiger partial charge on any atom is 0.263 e. The first-order valence-electron chi connectivity index (χ1n) is 10.3. The van der Waals surface area contributed by atoms with Crippen molar-refractivity contribution in [3.05, 3.63) is 35.7 Å². The number of anilines is 1. The number of rotatable bonds is 6. The van der Waals surface area contributed by atoms with Gasteiger partial charge in [-0.3, -0.25) is 29.5 Å². The molecule has 1 saturated carbocycles. The van der Waals surface area contributed by atoms with Crippen LogP contribution in [0.25, 0.3) is 10.9 Å². The summed E-state index contributed by atoms with van der Waals surface area (Å²) in [4.78, 5) is 35.9. The number of benzene rings is 1. The minimum atomic E-state index is -0.465. The summed E-state index contributed by atoms with van der Waals surface area (Å²) in [7, 11) is 1.78. The second-order valence-electron chi connectivity index (χ2n) is 8.01. The lowest BCUT2D eigenvalue weighted by Crippen LogP contribution is -2.39. The van der Waals surface area contributed by atoms with Crippen LogP contribution in [0.5, 0.6) is 5.75 Å². The average molecular weight is 422 g/mol. The zero-order chi connectivity index (χ0) is 21.5. The van der Waals surface area contributed by atoms with Crippen molar-refractivity contribution >= 4 is 34.4 Å². The first-order chi connectivity index (χ1) is 15.0. The molecule has 0 spiro atoms. The Balaban J connectivity index is 1.26. The van der Waals surface area contributed by atoms with Crippen LogP contribution in [0.2, 0.25) is 0 Å². The van der Waals surface area contributed by atoms with Crippen molar-refractivity contribution < 1.29 is 19.1 Å². The van der Waals surface area contributed by atoms with E-state index in [4.69, 9.17) is 4.74 Å². The predicted octanol–water partition coefficient (Wildman–Crippen LogP) is 1.71. The summed E-state index contributed by atoms with van der Waals surface area (Å²) in [6.45, 7) is -0.158. The molecule has 1 unspecified atom stereocenters. The summed E-state index contributed by atoms with van der Waals surface area (Å²) in [6.07, 6.45) is 3.04. The minimum Gasteiger partial charge on any atom is -0.484 e. The molecule has 0 bridgehead atoms. The number of amides is 3. The van der Waals surface area contributed by atoms with Gasteiger partial charge in [-0.2, -0.15) is 10.2 Å². The number of carbonyl (C=O) groups excluding carboxylic acids is 3. The summed E-state index contributed by atoms with van der Waals surface area (Å²) in [5.41, 5.74) is 2.46. The number of nitrogens with zero attached hydrogens (tertiary/aromatic N) is 3. The Morgan fingerprint density at radius 2 is 2.10 bits per heavy atom. The summed E-state index contributed by atoms with van der Waals surface area (Å²) in [5, 5.41) is 17.5. The van der Waals surface area contributed by atoms with E-state index in [-0.39, 0.29) is 24.3 Å². The highest BCUT2D eigenvalue weighted by atomic mass is 16.5. The van der Waals surface area contributed by atoms with E-state index in [2.05, 4.69) is 25.9 Å². The summed E-state index contributed by atoms with van der Waals surface area (Å²) in [5.74, 6) is 0.194. The van der Waals surface area contributed by atoms with Gasteiger partial charge in [0.25, 0.3) is 5.91 Å². The van der Waals surface area contributed by atoms with Gasteiger partial charge in [0, 0.05) is 42.6 Å². The molecule has 10 nitrogen and oxygen atoms in total. The second kappa shape index (κ2) is 7.53. The van der Waals surface area contributed by atoms with E-state index in [1.807, 2.05) is 12.1 Å². The highest BCUT2D eigenvalue weighted by Crippen LogP contribution is 2.39. The van der Waals surface area contributed by atoms with Crippen molar-refractivity contribution in [2.24, 2.45) is 7.05 Å². The molecule has 31 heavy (non-hydrogen) atoms. The van der Waals surface area contributed by atoms with Crippen LogP contribution in [0.1, 0.15) is 48.9 Å². The molecule has 160 valence electrons. The number of hydrogen-bond acceptors (Lipinski definition) is 6. The summed E-state index contributed by atoms with van der Waals surface area (Å²) < 4.78 is 7.32.